The van der Waals surface area contributed by atoms with Crippen molar-refractivity contribution in [3.8, 4) is 11.1 Å². The summed E-state index contributed by atoms with van der Waals surface area (Å²) in [6.07, 6.45) is 2.22. The van der Waals surface area contributed by atoms with Crippen LogP contribution in [0.5, 0.6) is 0 Å². The summed E-state index contributed by atoms with van der Waals surface area (Å²) in [6.45, 7) is 3.02. The van der Waals surface area contributed by atoms with Crippen molar-refractivity contribution in [3.05, 3.63) is 53.3 Å². The van der Waals surface area contributed by atoms with E-state index in [1.807, 2.05) is 19.1 Å². The molecule has 0 unspecified atom stereocenters. The lowest BCUT2D eigenvalue weighted by molar-refractivity contribution is 0.631. The van der Waals surface area contributed by atoms with Gasteiger partial charge in [-0.15, -0.1) is 0 Å². The summed E-state index contributed by atoms with van der Waals surface area (Å²) in [5.74, 6) is -0.149. The Hall–Kier alpha value is -1.83. The molecule has 0 saturated heterocycles. The first-order valence-electron chi connectivity index (χ1n) is 6.37. The lowest BCUT2D eigenvalue weighted by Gasteiger charge is -2.19. The molecule has 0 saturated carbocycles. The van der Waals surface area contributed by atoms with E-state index in [-0.39, 0.29) is 5.82 Å². The van der Waals surface area contributed by atoms with Crippen molar-refractivity contribution in [1.29, 1.82) is 0 Å². The summed E-state index contributed by atoms with van der Waals surface area (Å²) in [4.78, 5) is 0. The van der Waals surface area contributed by atoms with Crippen LogP contribution < -0.4 is 5.32 Å². The fourth-order valence-electron chi connectivity index (χ4n) is 2.50. The van der Waals surface area contributed by atoms with Gasteiger partial charge in [0.15, 0.2) is 0 Å². The molecule has 0 aromatic heterocycles. The van der Waals surface area contributed by atoms with E-state index in [1.165, 1.54) is 11.3 Å². The standard InChI is InChI=1S/C16H16FN/c1-11-4-6-15(17)14(9-11)12-5-7-16-13(10-12)3-2-8-18-16/h4-7,9-10,18H,2-3,8H2,1H3. The van der Waals surface area contributed by atoms with Crippen LogP contribution in [0.25, 0.3) is 11.1 Å². The van der Waals surface area contributed by atoms with Crippen LogP contribution in [0.4, 0.5) is 10.1 Å². The van der Waals surface area contributed by atoms with Crippen molar-refractivity contribution >= 4 is 5.69 Å². The van der Waals surface area contributed by atoms with Gasteiger partial charge in [-0.2, -0.15) is 0 Å². The van der Waals surface area contributed by atoms with Gasteiger partial charge in [0, 0.05) is 17.8 Å². The molecular formula is C16H16FN. The monoisotopic (exact) mass is 241 g/mol. The first-order chi connectivity index (χ1) is 8.74. The minimum atomic E-state index is -0.149. The average Bonchev–Trinajstić information content (AvgIpc) is 2.41. The number of anilines is 1. The molecule has 18 heavy (non-hydrogen) atoms. The molecule has 0 spiro atoms. The highest BCUT2D eigenvalue weighted by Crippen LogP contribution is 2.30. The van der Waals surface area contributed by atoms with Gasteiger partial charge in [0.25, 0.3) is 0 Å². The lowest BCUT2D eigenvalue weighted by Crippen LogP contribution is -2.11. The third kappa shape index (κ3) is 1.99. The Morgan fingerprint density at radius 2 is 2.00 bits per heavy atom. The van der Waals surface area contributed by atoms with Crippen LogP contribution in [0.1, 0.15) is 17.5 Å². The Kier molecular flexibility index (Phi) is 2.78. The topological polar surface area (TPSA) is 12.0 Å². The Labute approximate surface area is 107 Å². The number of hydrogen-bond acceptors (Lipinski definition) is 1. The Morgan fingerprint density at radius 3 is 2.89 bits per heavy atom. The van der Waals surface area contributed by atoms with E-state index < -0.39 is 0 Å². The van der Waals surface area contributed by atoms with Crippen molar-refractivity contribution in [3.63, 3.8) is 0 Å². The lowest BCUT2D eigenvalue weighted by atomic mass is 9.96. The molecule has 1 aliphatic heterocycles. The summed E-state index contributed by atoms with van der Waals surface area (Å²) in [5.41, 5.74) is 5.24. The van der Waals surface area contributed by atoms with Gasteiger partial charge in [0.2, 0.25) is 0 Å². The van der Waals surface area contributed by atoms with Crippen molar-refractivity contribution in [1.82, 2.24) is 0 Å². The van der Waals surface area contributed by atoms with Gasteiger partial charge in [0.1, 0.15) is 5.82 Å². The largest absolute Gasteiger partial charge is 0.385 e. The van der Waals surface area contributed by atoms with Crippen LogP contribution in [0.3, 0.4) is 0 Å². The number of halogens is 1. The maximum absolute atomic E-state index is 13.9. The van der Waals surface area contributed by atoms with Gasteiger partial charge >= 0.3 is 0 Å². The van der Waals surface area contributed by atoms with E-state index >= 15 is 0 Å². The van der Waals surface area contributed by atoms with Crippen molar-refractivity contribution < 1.29 is 4.39 Å². The molecule has 92 valence electrons. The third-order valence-electron chi connectivity index (χ3n) is 3.48. The van der Waals surface area contributed by atoms with E-state index in [9.17, 15) is 4.39 Å². The van der Waals surface area contributed by atoms with Crippen LogP contribution in [0.15, 0.2) is 36.4 Å². The van der Waals surface area contributed by atoms with Crippen LogP contribution in [0, 0.1) is 12.7 Å². The van der Waals surface area contributed by atoms with E-state index in [2.05, 4.69) is 17.4 Å². The summed E-state index contributed by atoms with van der Waals surface area (Å²) in [6, 6.07) is 11.4. The normalized spacial score (nSPS) is 13.9. The van der Waals surface area contributed by atoms with E-state index in [4.69, 9.17) is 0 Å². The number of benzene rings is 2. The highest BCUT2D eigenvalue weighted by molar-refractivity contribution is 5.70. The zero-order chi connectivity index (χ0) is 12.5. The summed E-state index contributed by atoms with van der Waals surface area (Å²) < 4.78 is 13.9. The average molecular weight is 241 g/mol. The summed E-state index contributed by atoms with van der Waals surface area (Å²) >= 11 is 0. The number of rotatable bonds is 1. The Morgan fingerprint density at radius 1 is 1.11 bits per heavy atom. The second kappa shape index (κ2) is 4.45. The molecule has 1 N–H and O–H groups in total. The number of hydrogen-bond donors (Lipinski definition) is 1. The molecule has 0 atom stereocenters. The smallest absolute Gasteiger partial charge is 0.131 e. The van der Waals surface area contributed by atoms with Crippen LogP contribution in [0.2, 0.25) is 0 Å². The highest BCUT2D eigenvalue weighted by atomic mass is 19.1. The maximum atomic E-state index is 13.9. The molecule has 2 heteroatoms. The predicted molar refractivity (Wildman–Crippen MR) is 73.4 cm³/mol. The van der Waals surface area contributed by atoms with E-state index in [0.717, 1.165) is 30.5 Å². The molecule has 0 aliphatic carbocycles. The molecular weight excluding hydrogens is 225 g/mol. The molecule has 2 aromatic carbocycles. The molecule has 3 rings (SSSR count). The van der Waals surface area contributed by atoms with Crippen LogP contribution in [-0.2, 0) is 6.42 Å². The molecule has 1 nitrogen and oxygen atoms in total. The fraction of sp³-hybridized carbons (Fsp3) is 0.250. The second-order valence-electron chi connectivity index (χ2n) is 4.89. The third-order valence-corrected chi connectivity index (χ3v) is 3.48. The van der Waals surface area contributed by atoms with Crippen LogP contribution in [-0.4, -0.2) is 6.54 Å². The van der Waals surface area contributed by atoms with Crippen molar-refractivity contribution in [2.45, 2.75) is 19.8 Å². The maximum Gasteiger partial charge on any atom is 0.131 e. The van der Waals surface area contributed by atoms with Gasteiger partial charge in [-0.25, -0.2) is 4.39 Å². The summed E-state index contributed by atoms with van der Waals surface area (Å²) in [7, 11) is 0. The molecule has 2 aromatic rings. The molecule has 0 bridgehead atoms. The van der Waals surface area contributed by atoms with Gasteiger partial charge in [0.05, 0.1) is 0 Å². The van der Waals surface area contributed by atoms with Crippen LogP contribution >= 0.6 is 0 Å². The van der Waals surface area contributed by atoms with Gasteiger partial charge in [-0.05, 0) is 55.2 Å². The molecule has 1 aliphatic rings. The molecule has 0 amide bonds. The number of nitrogens with one attached hydrogen (secondary N) is 1. The molecule has 1 heterocycles. The van der Waals surface area contributed by atoms with Crippen molar-refractivity contribution in [2.75, 3.05) is 11.9 Å². The SMILES string of the molecule is Cc1ccc(F)c(-c2ccc3c(c2)CCCN3)c1. The number of fused-ring (bicyclic) bond motifs is 1. The Bertz CT molecular complexity index is 590. The second-order valence-corrected chi connectivity index (χ2v) is 4.89. The van der Waals surface area contributed by atoms with Gasteiger partial charge in [-0.3, -0.25) is 0 Å². The quantitative estimate of drug-likeness (QED) is 0.790. The first kappa shape index (κ1) is 11.3. The predicted octanol–water partition coefficient (Wildman–Crippen LogP) is 4.16. The zero-order valence-corrected chi connectivity index (χ0v) is 10.5. The minimum Gasteiger partial charge on any atom is -0.385 e. The highest BCUT2D eigenvalue weighted by Gasteiger charge is 2.11. The minimum absolute atomic E-state index is 0.149. The zero-order valence-electron chi connectivity index (χ0n) is 10.5. The molecule has 0 radical (unpaired) electrons. The first-order valence-corrected chi connectivity index (χ1v) is 6.37. The Balaban J connectivity index is 2.09. The summed E-state index contributed by atoms with van der Waals surface area (Å²) in [5, 5.41) is 3.37. The fourth-order valence-corrected chi connectivity index (χ4v) is 2.50. The number of aryl methyl sites for hydroxylation is 2. The van der Waals surface area contributed by atoms with Gasteiger partial charge < -0.3 is 5.32 Å². The van der Waals surface area contributed by atoms with Crippen molar-refractivity contribution in [2.24, 2.45) is 0 Å². The van der Waals surface area contributed by atoms with Gasteiger partial charge in [-0.1, -0.05) is 17.7 Å². The molecule has 0 fully saturated rings. The van der Waals surface area contributed by atoms with E-state index in [1.54, 1.807) is 12.1 Å². The van der Waals surface area contributed by atoms with E-state index in [0.29, 0.717) is 5.56 Å².